The van der Waals surface area contributed by atoms with Crippen LogP contribution in [-0.2, 0) is 9.53 Å². The molecule has 1 fully saturated rings. The van der Waals surface area contributed by atoms with Crippen LogP contribution in [0.1, 0.15) is 24.5 Å². The Labute approximate surface area is 150 Å². The fraction of sp³-hybridized carbons (Fsp3) is 0.500. The summed E-state index contributed by atoms with van der Waals surface area (Å²) in [6.45, 7) is 5.26. The van der Waals surface area contributed by atoms with Crippen molar-refractivity contribution in [2.24, 2.45) is 23.7 Å². The first-order valence-corrected chi connectivity index (χ1v) is 8.90. The highest BCUT2D eigenvalue weighted by molar-refractivity contribution is 5.91. The summed E-state index contributed by atoms with van der Waals surface area (Å²) in [5, 5.41) is 4.22. The molecule has 136 valence electrons. The van der Waals surface area contributed by atoms with Gasteiger partial charge in [0, 0.05) is 25.5 Å². The number of rotatable bonds is 3. The van der Waals surface area contributed by atoms with E-state index in [0.717, 1.165) is 0 Å². The van der Waals surface area contributed by atoms with Gasteiger partial charge in [-0.05, 0) is 30.7 Å². The quantitative estimate of drug-likeness (QED) is 0.607. The van der Waals surface area contributed by atoms with Crippen LogP contribution in [0.3, 0.4) is 0 Å². The Morgan fingerprint density at radius 2 is 2.15 bits per heavy atom. The van der Waals surface area contributed by atoms with Crippen LogP contribution in [0.15, 0.2) is 30.6 Å². The highest BCUT2D eigenvalue weighted by atomic mass is 16.5. The smallest absolute Gasteiger partial charge is 0.309 e. The molecule has 3 heterocycles. The third-order valence-corrected chi connectivity index (χ3v) is 5.26. The van der Waals surface area contributed by atoms with Gasteiger partial charge in [0.15, 0.2) is 0 Å². The number of esters is 1. The van der Waals surface area contributed by atoms with E-state index in [4.69, 9.17) is 4.74 Å². The average Bonchev–Trinajstić information content (AvgIpc) is 3.25. The van der Waals surface area contributed by atoms with E-state index in [9.17, 15) is 9.59 Å². The maximum atomic E-state index is 12.9. The standard InChI is InChI=1S/C18H21N5O3/c1-3-26-17(25)14-11(2)5-6-12-9-22(10-13(12)14)16(24)15-20-18-19-7-4-8-23(18)21-15/h4-8,11-14H,3,9-10H2,1-2H3/t11-,12-,13-,14-/m0/s1. The third-order valence-electron chi connectivity index (χ3n) is 5.26. The molecule has 0 spiro atoms. The third kappa shape index (κ3) is 2.75. The number of hydrogen-bond acceptors (Lipinski definition) is 6. The van der Waals surface area contributed by atoms with Gasteiger partial charge in [0.2, 0.25) is 5.82 Å². The molecule has 2 aliphatic rings. The van der Waals surface area contributed by atoms with E-state index in [1.165, 1.54) is 4.52 Å². The van der Waals surface area contributed by atoms with E-state index in [-0.39, 0.29) is 41.4 Å². The Morgan fingerprint density at radius 1 is 1.31 bits per heavy atom. The highest BCUT2D eigenvalue weighted by Crippen LogP contribution is 2.40. The Bertz CT molecular complexity index is 844. The minimum absolute atomic E-state index is 0.0631. The van der Waals surface area contributed by atoms with E-state index in [2.05, 4.69) is 27.2 Å². The zero-order chi connectivity index (χ0) is 18.3. The highest BCUT2D eigenvalue weighted by Gasteiger charge is 2.46. The second kappa shape index (κ2) is 6.51. The number of aromatic nitrogens is 4. The van der Waals surface area contributed by atoms with Crippen LogP contribution in [0.5, 0.6) is 0 Å². The topological polar surface area (TPSA) is 89.7 Å². The summed E-state index contributed by atoms with van der Waals surface area (Å²) < 4.78 is 6.75. The maximum absolute atomic E-state index is 12.9. The molecule has 2 aromatic rings. The van der Waals surface area contributed by atoms with Crippen molar-refractivity contribution in [2.75, 3.05) is 19.7 Å². The van der Waals surface area contributed by atoms with Crippen LogP contribution >= 0.6 is 0 Å². The summed E-state index contributed by atoms with van der Waals surface area (Å²) >= 11 is 0. The molecule has 0 N–H and O–H groups in total. The Kier molecular flexibility index (Phi) is 4.18. The largest absolute Gasteiger partial charge is 0.466 e. The minimum atomic E-state index is -0.228. The van der Waals surface area contributed by atoms with Crippen LogP contribution in [0.4, 0.5) is 0 Å². The van der Waals surface area contributed by atoms with Gasteiger partial charge in [0.05, 0.1) is 12.5 Å². The number of likely N-dealkylation sites (tertiary alicyclic amines) is 1. The zero-order valence-electron chi connectivity index (χ0n) is 14.8. The molecule has 0 radical (unpaired) electrons. The van der Waals surface area contributed by atoms with Crippen LogP contribution in [0.2, 0.25) is 0 Å². The van der Waals surface area contributed by atoms with Crippen LogP contribution < -0.4 is 0 Å². The molecule has 0 saturated carbocycles. The number of fused-ring (bicyclic) bond motifs is 2. The van der Waals surface area contributed by atoms with E-state index >= 15 is 0 Å². The molecule has 4 atom stereocenters. The molecule has 0 bridgehead atoms. The molecule has 26 heavy (non-hydrogen) atoms. The van der Waals surface area contributed by atoms with Crippen molar-refractivity contribution in [3.63, 3.8) is 0 Å². The molecular formula is C18H21N5O3. The molecular weight excluding hydrogens is 334 g/mol. The van der Waals surface area contributed by atoms with Gasteiger partial charge in [-0.2, -0.15) is 4.98 Å². The van der Waals surface area contributed by atoms with Gasteiger partial charge in [-0.15, -0.1) is 5.10 Å². The van der Waals surface area contributed by atoms with Crippen molar-refractivity contribution < 1.29 is 14.3 Å². The number of hydrogen-bond donors (Lipinski definition) is 0. The maximum Gasteiger partial charge on any atom is 0.309 e. The van der Waals surface area contributed by atoms with E-state index in [1.54, 1.807) is 23.4 Å². The molecule has 0 aromatic carbocycles. The van der Waals surface area contributed by atoms with Crippen molar-refractivity contribution in [1.82, 2.24) is 24.5 Å². The zero-order valence-corrected chi connectivity index (χ0v) is 14.8. The number of carbonyl (C=O) groups is 2. The molecule has 1 aliphatic carbocycles. The predicted octanol–water partition coefficient (Wildman–Crippen LogP) is 1.20. The Balaban J connectivity index is 1.56. The molecule has 1 aliphatic heterocycles. The second-order valence-corrected chi connectivity index (χ2v) is 6.86. The molecule has 0 unspecified atom stereocenters. The SMILES string of the molecule is CCOC(=O)[C@@H]1[C@H]2CN(C(=O)c3nc4ncccn4n3)C[C@@H]2C=C[C@@H]1C. The lowest BCUT2D eigenvalue weighted by Crippen LogP contribution is -2.37. The molecule has 4 rings (SSSR count). The number of ether oxygens (including phenoxy) is 1. The first-order valence-electron chi connectivity index (χ1n) is 8.90. The van der Waals surface area contributed by atoms with Crippen molar-refractivity contribution in [3.8, 4) is 0 Å². The Morgan fingerprint density at radius 3 is 2.92 bits per heavy atom. The predicted molar refractivity (Wildman–Crippen MR) is 92.1 cm³/mol. The van der Waals surface area contributed by atoms with Crippen LogP contribution in [0.25, 0.3) is 5.78 Å². The number of allylic oxidation sites excluding steroid dienone is 1. The summed E-state index contributed by atoms with van der Waals surface area (Å²) in [7, 11) is 0. The average molecular weight is 355 g/mol. The molecule has 8 heteroatoms. The van der Waals surface area contributed by atoms with Crippen LogP contribution in [-0.4, -0.2) is 56.1 Å². The van der Waals surface area contributed by atoms with Gasteiger partial charge >= 0.3 is 5.97 Å². The van der Waals surface area contributed by atoms with Gasteiger partial charge in [0.1, 0.15) is 0 Å². The molecule has 1 saturated heterocycles. The monoisotopic (exact) mass is 355 g/mol. The van der Waals surface area contributed by atoms with E-state index < -0.39 is 0 Å². The van der Waals surface area contributed by atoms with Gasteiger partial charge in [-0.25, -0.2) is 9.50 Å². The fourth-order valence-electron chi connectivity index (χ4n) is 4.02. The summed E-state index contributed by atoms with van der Waals surface area (Å²) in [6, 6.07) is 1.73. The fourth-order valence-corrected chi connectivity index (χ4v) is 4.02. The van der Waals surface area contributed by atoms with Gasteiger partial charge in [0.25, 0.3) is 11.7 Å². The lowest BCUT2D eigenvalue weighted by Gasteiger charge is -2.31. The summed E-state index contributed by atoms with van der Waals surface area (Å²) in [6.07, 6.45) is 7.50. The van der Waals surface area contributed by atoms with Crippen molar-refractivity contribution in [1.29, 1.82) is 0 Å². The van der Waals surface area contributed by atoms with E-state index in [1.807, 2.05) is 13.8 Å². The lowest BCUT2D eigenvalue weighted by molar-refractivity contribution is -0.152. The van der Waals surface area contributed by atoms with Gasteiger partial charge in [-0.1, -0.05) is 19.1 Å². The van der Waals surface area contributed by atoms with Gasteiger partial charge in [-0.3, -0.25) is 9.59 Å². The summed E-state index contributed by atoms with van der Waals surface area (Å²) in [5.74, 6) is 0.212. The second-order valence-electron chi connectivity index (χ2n) is 6.86. The van der Waals surface area contributed by atoms with Crippen molar-refractivity contribution >= 4 is 17.7 Å². The minimum Gasteiger partial charge on any atom is -0.466 e. The van der Waals surface area contributed by atoms with Crippen molar-refractivity contribution in [2.45, 2.75) is 13.8 Å². The van der Waals surface area contributed by atoms with Crippen molar-refractivity contribution in [3.05, 3.63) is 36.4 Å². The van der Waals surface area contributed by atoms with Gasteiger partial charge < -0.3 is 9.64 Å². The molecule has 2 aromatic heterocycles. The molecule has 1 amide bonds. The number of amides is 1. The first kappa shape index (κ1) is 16.7. The summed E-state index contributed by atoms with van der Waals surface area (Å²) in [5.41, 5.74) is 0. The lowest BCUT2D eigenvalue weighted by atomic mass is 9.72. The normalized spacial score (nSPS) is 27.5. The van der Waals surface area contributed by atoms with Crippen LogP contribution in [0, 0.1) is 23.7 Å². The first-order chi connectivity index (χ1) is 12.6. The number of carbonyl (C=O) groups excluding carboxylic acids is 2. The van der Waals surface area contributed by atoms with E-state index in [0.29, 0.717) is 25.5 Å². The molecule has 8 nitrogen and oxygen atoms in total. The number of nitrogens with zero attached hydrogens (tertiary/aromatic N) is 5. The summed E-state index contributed by atoms with van der Waals surface area (Å²) in [4.78, 5) is 35.3. The Hall–Kier alpha value is -2.77.